The van der Waals surface area contributed by atoms with E-state index in [1.54, 1.807) is 0 Å². The molecule has 0 aliphatic rings. The molecule has 0 unspecified atom stereocenters. The Labute approximate surface area is 171 Å². The lowest BCUT2D eigenvalue weighted by atomic mass is 10.2. The molecule has 0 bridgehead atoms. The lowest BCUT2D eigenvalue weighted by molar-refractivity contribution is -0.385. The molecular weight excluding hydrogens is 433 g/mol. The van der Waals surface area contributed by atoms with Gasteiger partial charge < -0.3 is 20.1 Å². The number of thiocarbonyl (C=S) groups is 1. The van der Waals surface area contributed by atoms with Crippen LogP contribution in [0.5, 0.6) is 11.5 Å². The van der Waals surface area contributed by atoms with Crippen LogP contribution in [0.4, 0.5) is 35.9 Å². The topological polar surface area (TPSA) is 129 Å². The van der Waals surface area contributed by atoms with Gasteiger partial charge in [-0.25, -0.2) is 0 Å². The molecule has 0 heterocycles. The largest absolute Gasteiger partial charge is 0.494 e. The van der Waals surface area contributed by atoms with Crippen molar-refractivity contribution >= 4 is 40.1 Å². The quantitative estimate of drug-likeness (QED) is 0.364. The van der Waals surface area contributed by atoms with Crippen molar-refractivity contribution in [1.29, 1.82) is 0 Å². The molecule has 0 fully saturated rings. The number of alkyl halides is 3. The summed E-state index contributed by atoms with van der Waals surface area (Å²) >= 11 is 5.08. The fraction of sp³-hybridized carbons (Fsp3) is 0.188. The average molecular weight is 446 g/mol. The molecule has 0 atom stereocenters. The first-order valence-electron chi connectivity index (χ1n) is 7.88. The van der Waals surface area contributed by atoms with Crippen LogP contribution in [-0.2, 0) is 0 Å². The summed E-state index contributed by atoms with van der Waals surface area (Å²) in [4.78, 5) is 20.4. The maximum absolute atomic E-state index is 12.3. The number of nitrogens with zero attached hydrogens (tertiary/aromatic N) is 2. The summed E-state index contributed by atoms with van der Waals surface area (Å²) < 4.78 is 46.6. The molecule has 0 aromatic heterocycles. The average Bonchev–Trinajstić information content (AvgIpc) is 2.65. The van der Waals surface area contributed by atoms with E-state index in [0.29, 0.717) is 0 Å². The van der Waals surface area contributed by atoms with Crippen molar-refractivity contribution in [3.8, 4) is 11.5 Å². The van der Waals surface area contributed by atoms with Crippen molar-refractivity contribution < 1.29 is 32.5 Å². The highest BCUT2D eigenvalue weighted by atomic mass is 32.1. The third-order valence-corrected chi connectivity index (χ3v) is 3.61. The monoisotopic (exact) mass is 446 g/mol. The molecule has 30 heavy (non-hydrogen) atoms. The van der Waals surface area contributed by atoms with Crippen LogP contribution in [0.15, 0.2) is 36.4 Å². The fourth-order valence-electron chi connectivity index (χ4n) is 2.19. The number of nitrogens with one attached hydrogen (secondary N) is 2. The van der Waals surface area contributed by atoms with Crippen LogP contribution < -0.4 is 20.1 Å². The molecule has 2 N–H and O–H groups in total. The van der Waals surface area contributed by atoms with Crippen molar-refractivity contribution in [1.82, 2.24) is 0 Å². The van der Waals surface area contributed by atoms with Crippen molar-refractivity contribution in [2.24, 2.45) is 0 Å². The number of ether oxygens (including phenoxy) is 2. The fourth-order valence-corrected chi connectivity index (χ4v) is 2.42. The summed E-state index contributed by atoms with van der Waals surface area (Å²) in [5.74, 6) is -0.290. The van der Waals surface area contributed by atoms with Gasteiger partial charge in [0, 0.05) is 18.2 Å². The molecular formula is C16H13F3N4O6S. The molecule has 0 aliphatic heterocycles. The van der Waals surface area contributed by atoms with Crippen LogP contribution >= 0.6 is 12.2 Å². The second-order valence-corrected chi connectivity index (χ2v) is 6.01. The second kappa shape index (κ2) is 9.21. The van der Waals surface area contributed by atoms with Crippen LogP contribution in [0, 0.1) is 20.2 Å². The summed E-state index contributed by atoms with van der Waals surface area (Å²) in [6.45, 7) is -1.63. The van der Waals surface area contributed by atoms with E-state index in [9.17, 15) is 33.4 Å². The number of benzene rings is 2. The lowest BCUT2D eigenvalue weighted by Crippen LogP contribution is -2.20. The number of non-ortho nitro benzene ring substituents is 2. The Balaban J connectivity index is 2.20. The van der Waals surface area contributed by atoms with Crippen LogP contribution in [0.2, 0.25) is 0 Å². The Bertz CT molecular complexity index is 986. The molecule has 0 amide bonds. The first-order chi connectivity index (χ1) is 14.0. The molecule has 14 heteroatoms. The third-order valence-electron chi connectivity index (χ3n) is 3.41. The van der Waals surface area contributed by atoms with Gasteiger partial charge in [-0.2, -0.15) is 13.2 Å². The van der Waals surface area contributed by atoms with E-state index < -0.39 is 28.3 Å². The van der Waals surface area contributed by atoms with Gasteiger partial charge in [-0.3, -0.25) is 20.2 Å². The van der Waals surface area contributed by atoms with E-state index in [1.165, 1.54) is 19.2 Å². The summed E-state index contributed by atoms with van der Waals surface area (Å²) in [6.07, 6.45) is -4.62. The zero-order chi connectivity index (χ0) is 22.5. The molecule has 2 aromatic carbocycles. The normalized spacial score (nSPS) is 10.8. The second-order valence-electron chi connectivity index (χ2n) is 5.60. The minimum Gasteiger partial charge on any atom is -0.494 e. The van der Waals surface area contributed by atoms with E-state index in [1.807, 2.05) is 0 Å². The molecule has 2 rings (SSSR count). The highest BCUT2D eigenvalue weighted by molar-refractivity contribution is 7.80. The SMILES string of the molecule is COc1cc([N+](=O)[O-])ccc1NC(=S)Nc1cc(OCC(F)(F)F)cc([N+](=O)[O-])c1. The smallest absolute Gasteiger partial charge is 0.422 e. The summed E-state index contributed by atoms with van der Waals surface area (Å²) in [5, 5.41) is 27.0. The Hall–Kier alpha value is -3.68. The molecule has 0 saturated heterocycles. The highest BCUT2D eigenvalue weighted by Crippen LogP contribution is 2.30. The predicted octanol–water partition coefficient (Wildman–Crippen LogP) is 4.26. The van der Waals surface area contributed by atoms with Crippen LogP contribution in [0.3, 0.4) is 0 Å². The van der Waals surface area contributed by atoms with Crippen molar-refractivity contribution in [2.75, 3.05) is 24.4 Å². The van der Waals surface area contributed by atoms with Gasteiger partial charge in [-0.1, -0.05) is 0 Å². The zero-order valence-corrected chi connectivity index (χ0v) is 15.9. The van der Waals surface area contributed by atoms with Gasteiger partial charge in [-0.05, 0) is 18.3 Å². The van der Waals surface area contributed by atoms with Crippen LogP contribution in [0.25, 0.3) is 0 Å². The van der Waals surface area contributed by atoms with Gasteiger partial charge in [0.15, 0.2) is 11.7 Å². The first-order valence-corrected chi connectivity index (χ1v) is 8.29. The van der Waals surface area contributed by atoms with Gasteiger partial charge in [0.05, 0.1) is 40.5 Å². The molecule has 2 aromatic rings. The van der Waals surface area contributed by atoms with Crippen LogP contribution in [0.1, 0.15) is 0 Å². The van der Waals surface area contributed by atoms with Gasteiger partial charge in [0.1, 0.15) is 11.5 Å². The van der Waals surface area contributed by atoms with E-state index in [-0.39, 0.29) is 33.7 Å². The summed E-state index contributed by atoms with van der Waals surface area (Å²) in [7, 11) is 1.28. The number of halogens is 3. The van der Waals surface area contributed by atoms with Crippen molar-refractivity contribution in [2.45, 2.75) is 6.18 Å². The highest BCUT2D eigenvalue weighted by Gasteiger charge is 2.28. The number of rotatable bonds is 7. The van der Waals surface area contributed by atoms with E-state index in [4.69, 9.17) is 17.0 Å². The summed E-state index contributed by atoms with van der Waals surface area (Å²) in [6, 6.07) is 6.66. The van der Waals surface area contributed by atoms with E-state index in [0.717, 1.165) is 24.3 Å². The molecule has 0 spiro atoms. The number of hydrogen-bond donors (Lipinski definition) is 2. The van der Waals surface area contributed by atoms with Crippen LogP contribution in [-0.4, -0.2) is 34.9 Å². The molecule has 0 aliphatic carbocycles. The Morgan fingerprint density at radius 3 is 2.30 bits per heavy atom. The first kappa shape index (κ1) is 22.6. The Kier molecular flexibility index (Phi) is 6.94. The van der Waals surface area contributed by atoms with E-state index >= 15 is 0 Å². The standard InChI is InChI=1S/C16H13F3N4O6S/c1-28-14-7-10(22(24)25)2-3-13(14)21-15(30)20-9-4-11(23(26)27)6-12(5-9)29-8-16(17,18)19/h2-7H,8H2,1H3,(H2,20,21,30). The maximum atomic E-state index is 12.3. The number of hydrogen-bond acceptors (Lipinski definition) is 7. The number of methoxy groups -OCH3 is 1. The van der Waals surface area contributed by atoms with Crippen molar-refractivity contribution in [3.05, 3.63) is 56.6 Å². The zero-order valence-electron chi connectivity index (χ0n) is 15.1. The minimum absolute atomic E-state index is 0.0141. The van der Waals surface area contributed by atoms with Crippen molar-refractivity contribution in [3.63, 3.8) is 0 Å². The molecule has 160 valence electrons. The number of nitro benzene ring substituents is 2. The minimum atomic E-state index is -4.62. The Morgan fingerprint density at radius 2 is 1.73 bits per heavy atom. The molecule has 0 radical (unpaired) electrons. The van der Waals surface area contributed by atoms with Gasteiger partial charge in [-0.15, -0.1) is 0 Å². The molecule has 10 nitrogen and oxygen atoms in total. The van der Waals surface area contributed by atoms with E-state index in [2.05, 4.69) is 15.4 Å². The van der Waals surface area contributed by atoms with Gasteiger partial charge in [0.2, 0.25) is 0 Å². The lowest BCUT2D eigenvalue weighted by Gasteiger charge is -2.14. The Morgan fingerprint density at radius 1 is 1.07 bits per heavy atom. The number of nitro groups is 2. The summed E-state index contributed by atoms with van der Waals surface area (Å²) in [5.41, 5.74) is -0.506. The number of anilines is 2. The molecule has 0 saturated carbocycles. The van der Waals surface area contributed by atoms with Gasteiger partial charge >= 0.3 is 6.18 Å². The predicted molar refractivity (Wildman–Crippen MR) is 104 cm³/mol. The van der Waals surface area contributed by atoms with Gasteiger partial charge in [0.25, 0.3) is 11.4 Å². The third kappa shape index (κ3) is 6.44. The maximum Gasteiger partial charge on any atom is 0.422 e.